The van der Waals surface area contributed by atoms with E-state index in [1.54, 1.807) is 6.07 Å². The number of hydrogen-bond acceptors (Lipinski definition) is 4. The second-order valence-electron chi connectivity index (χ2n) is 4.60. The SMILES string of the molecule is CCc1cc(C(=O)O)cc(Nc2ccc(C)nc2C)n1. The first-order valence-electron chi connectivity index (χ1n) is 6.45. The second-order valence-corrected chi connectivity index (χ2v) is 4.60. The average molecular weight is 271 g/mol. The van der Waals surface area contributed by atoms with Gasteiger partial charge in [0.1, 0.15) is 5.82 Å². The van der Waals surface area contributed by atoms with Crippen molar-refractivity contribution in [1.82, 2.24) is 9.97 Å². The lowest BCUT2D eigenvalue weighted by Gasteiger charge is -2.10. The van der Waals surface area contributed by atoms with E-state index in [2.05, 4.69) is 15.3 Å². The number of aromatic nitrogens is 2. The molecule has 0 atom stereocenters. The van der Waals surface area contributed by atoms with Crippen LogP contribution in [0.5, 0.6) is 0 Å². The first-order valence-corrected chi connectivity index (χ1v) is 6.45. The lowest BCUT2D eigenvalue weighted by atomic mass is 10.2. The van der Waals surface area contributed by atoms with Gasteiger partial charge < -0.3 is 10.4 Å². The van der Waals surface area contributed by atoms with Crippen molar-refractivity contribution in [3.05, 3.63) is 46.9 Å². The standard InChI is InChI=1S/C15H17N3O2/c1-4-12-7-11(15(19)20)8-14(17-12)18-13-6-5-9(2)16-10(13)3/h5-8H,4H2,1-3H3,(H,17,18)(H,19,20). The molecule has 2 N–H and O–H groups in total. The highest BCUT2D eigenvalue weighted by Gasteiger charge is 2.09. The zero-order valence-corrected chi connectivity index (χ0v) is 11.8. The Morgan fingerprint density at radius 1 is 1.25 bits per heavy atom. The van der Waals surface area contributed by atoms with Crippen LogP contribution in [0.3, 0.4) is 0 Å². The van der Waals surface area contributed by atoms with Crippen molar-refractivity contribution in [3.8, 4) is 0 Å². The van der Waals surface area contributed by atoms with Crippen molar-refractivity contribution in [3.63, 3.8) is 0 Å². The van der Waals surface area contributed by atoms with Gasteiger partial charge in [0.2, 0.25) is 0 Å². The Bertz CT molecular complexity index is 654. The number of carbonyl (C=O) groups is 1. The van der Waals surface area contributed by atoms with Crippen molar-refractivity contribution in [2.45, 2.75) is 27.2 Å². The number of aromatic carboxylic acids is 1. The molecule has 0 radical (unpaired) electrons. The topological polar surface area (TPSA) is 75.1 Å². The Morgan fingerprint density at radius 2 is 2.00 bits per heavy atom. The van der Waals surface area contributed by atoms with Crippen LogP contribution in [0.4, 0.5) is 11.5 Å². The van der Waals surface area contributed by atoms with Crippen molar-refractivity contribution in [2.24, 2.45) is 0 Å². The summed E-state index contributed by atoms with van der Waals surface area (Å²) in [5.41, 5.74) is 3.59. The molecule has 0 aromatic carbocycles. The van der Waals surface area contributed by atoms with E-state index < -0.39 is 5.97 Å². The maximum Gasteiger partial charge on any atom is 0.335 e. The van der Waals surface area contributed by atoms with E-state index in [0.29, 0.717) is 12.2 Å². The van der Waals surface area contributed by atoms with Gasteiger partial charge in [-0.1, -0.05) is 6.92 Å². The summed E-state index contributed by atoms with van der Waals surface area (Å²) >= 11 is 0. The predicted octanol–water partition coefficient (Wildman–Crippen LogP) is 3.10. The van der Waals surface area contributed by atoms with Crippen LogP contribution < -0.4 is 5.32 Å². The fourth-order valence-electron chi connectivity index (χ4n) is 1.91. The van der Waals surface area contributed by atoms with Crippen LogP contribution >= 0.6 is 0 Å². The van der Waals surface area contributed by atoms with Crippen LogP contribution in [0.2, 0.25) is 0 Å². The van der Waals surface area contributed by atoms with E-state index in [4.69, 9.17) is 5.11 Å². The van der Waals surface area contributed by atoms with Gasteiger partial charge >= 0.3 is 5.97 Å². The minimum absolute atomic E-state index is 0.233. The van der Waals surface area contributed by atoms with Gasteiger partial charge in [-0.2, -0.15) is 0 Å². The number of hydrogen-bond donors (Lipinski definition) is 2. The van der Waals surface area contributed by atoms with E-state index in [-0.39, 0.29) is 5.56 Å². The first-order chi connectivity index (χ1) is 9.49. The van der Waals surface area contributed by atoms with Gasteiger partial charge in [0.25, 0.3) is 0 Å². The largest absolute Gasteiger partial charge is 0.478 e. The van der Waals surface area contributed by atoms with E-state index in [9.17, 15) is 4.79 Å². The molecule has 5 heteroatoms. The summed E-state index contributed by atoms with van der Waals surface area (Å²) in [4.78, 5) is 19.9. The van der Waals surface area contributed by atoms with Gasteiger partial charge in [-0.25, -0.2) is 9.78 Å². The highest BCUT2D eigenvalue weighted by Crippen LogP contribution is 2.20. The highest BCUT2D eigenvalue weighted by molar-refractivity contribution is 5.88. The summed E-state index contributed by atoms with van der Waals surface area (Å²) in [7, 11) is 0. The molecule has 2 heterocycles. The maximum absolute atomic E-state index is 11.1. The molecule has 0 bridgehead atoms. The van der Waals surface area contributed by atoms with Gasteiger partial charge in [0, 0.05) is 11.4 Å². The van der Waals surface area contributed by atoms with E-state index in [1.165, 1.54) is 6.07 Å². The lowest BCUT2D eigenvalue weighted by molar-refractivity contribution is 0.0696. The molecule has 5 nitrogen and oxygen atoms in total. The number of nitrogens with zero attached hydrogens (tertiary/aromatic N) is 2. The highest BCUT2D eigenvalue weighted by atomic mass is 16.4. The van der Waals surface area contributed by atoms with Crippen molar-refractivity contribution in [1.29, 1.82) is 0 Å². The molecule has 2 rings (SSSR count). The third-order valence-electron chi connectivity index (χ3n) is 2.98. The third-order valence-corrected chi connectivity index (χ3v) is 2.98. The quantitative estimate of drug-likeness (QED) is 0.893. The van der Waals surface area contributed by atoms with E-state index in [1.807, 2.05) is 32.9 Å². The summed E-state index contributed by atoms with van der Waals surface area (Å²) in [5, 5.41) is 12.3. The molecule has 0 amide bonds. The predicted molar refractivity (Wildman–Crippen MR) is 77.6 cm³/mol. The molecule has 2 aromatic heterocycles. The molecule has 0 unspecified atom stereocenters. The minimum atomic E-state index is -0.955. The number of carboxylic acids is 1. The van der Waals surface area contributed by atoms with Crippen LogP contribution in [0.15, 0.2) is 24.3 Å². The van der Waals surface area contributed by atoms with E-state index in [0.717, 1.165) is 22.8 Å². The summed E-state index contributed by atoms with van der Waals surface area (Å²) in [6.45, 7) is 5.77. The van der Waals surface area contributed by atoms with Gasteiger partial charge in [0.15, 0.2) is 0 Å². The molecular weight excluding hydrogens is 254 g/mol. The summed E-state index contributed by atoms with van der Waals surface area (Å²) in [6.07, 6.45) is 0.681. The Kier molecular flexibility index (Phi) is 3.98. The number of rotatable bonds is 4. The molecule has 0 aliphatic carbocycles. The normalized spacial score (nSPS) is 10.3. The molecule has 20 heavy (non-hydrogen) atoms. The molecule has 0 aliphatic rings. The van der Waals surface area contributed by atoms with Crippen LogP contribution in [0, 0.1) is 13.8 Å². The number of nitrogens with one attached hydrogen (secondary N) is 1. The minimum Gasteiger partial charge on any atom is -0.478 e. The Balaban J connectivity index is 2.37. The van der Waals surface area contributed by atoms with Crippen LogP contribution in [0.25, 0.3) is 0 Å². The summed E-state index contributed by atoms with van der Waals surface area (Å²) in [5.74, 6) is -0.431. The van der Waals surface area contributed by atoms with Gasteiger partial charge in [0.05, 0.1) is 16.9 Å². The van der Waals surface area contributed by atoms with Crippen LogP contribution in [-0.2, 0) is 6.42 Å². The number of carboxylic acid groups (broad SMARTS) is 1. The zero-order valence-electron chi connectivity index (χ0n) is 11.8. The number of aryl methyl sites for hydroxylation is 3. The molecule has 0 saturated heterocycles. The number of pyridine rings is 2. The van der Waals surface area contributed by atoms with Gasteiger partial charge in [-0.05, 0) is 44.5 Å². The Morgan fingerprint density at radius 3 is 2.60 bits per heavy atom. The molecular formula is C15H17N3O2. The van der Waals surface area contributed by atoms with Gasteiger partial charge in [-0.3, -0.25) is 4.98 Å². The zero-order chi connectivity index (χ0) is 14.7. The first kappa shape index (κ1) is 14.0. The van der Waals surface area contributed by atoms with Crippen LogP contribution in [-0.4, -0.2) is 21.0 Å². The smallest absolute Gasteiger partial charge is 0.335 e. The Hall–Kier alpha value is -2.43. The third kappa shape index (κ3) is 3.12. The molecule has 0 aliphatic heterocycles. The van der Waals surface area contributed by atoms with E-state index >= 15 is 0 Å². The summed E-state index contributed by atoms with van der Waals surface area (Å²) < 4.78 is 0. The Labute approximate surface area is 117 Å². The van der Waals surface area contributed by atoms with Crippen molar-refractivity contribution in [2.75, 3.05) is 5.32 Å². The number of anilines is 2. The second kappa shape index (κ2) is 5.69. The summed E-state index contributed by atoms with van der Waals surface area (Å²) in [6, 6.07) is 6.93. The van der Waals surface area contributed by atoms with Gasteiger partial charge in [-0.15, -0.1) is 0 Å². The molecule has 104 valence electrons. The molecule has 0 spiro atoms. The molecule has 0 saturated carbocycles. The lowest BCUT2D eigenvalue weighted by Crippen LogP contribution is -2.04. The average Bonchev–Trinajstić information content (AvgIpc) is 2.41. The fraction of sp³-hybridized carbons (Fsp3) is 0.267. The monoisotopic (exact) mass is 271 g/mol. The molecule has 0 fully saturated rings. The fourth-order valence-corrected chi connectivity index (χ4v) is 1.91. The van der Waals surface area contributed by atoms with Crippen LogP contribution in [0.1, 0.15) is 34.4 Å². The van der Waals surface area contributed by atoms with Crippen molar-refractivity contribution >= 4 is 17.5 Å². The van der Waals surface area contributed by atoms with Crippen molar-refractivity contribution < 1.29 is 9.90 Å². The maximum atomic E-state index is 11.1. The molecule has 2 aromatic rings.